The molecule has 4 rings (SSSR count). The number of nitrogens with one attached hydrogen (secondary N) is 1. The molecule has 26 heavy (non-hydrogen) atoms. The molecule has 1 aromatic heterocycles. The van der Waals surface area contributed by atoms with Crippen LogP contribution < -0.4 is 11.1 Å². The van der Waals surface area contributed by atoms with Crippen LogP contribution >= 0.6 is 0 Å². The van der Waals surface area contributed by atoms with Crippen LogP contribution in [0.4, 0.5) is 11.8 Å². The van der Waals surface area contributed by atoms with Crippen LogP contribution in [0.15, 0.2) is 48.5 Å². The number of nitrogens with zero attached hydrogens (tertiary/aromatic N) is 3. The fourth-order valence-corrected chi connectivity index (χ4v) is 3.53. The second-order valence-electron chi connectivity index (χ2n) is 6.71. The number of aromatic nitrogens is 2. The number of anilines is 2. The zero-order valence-electron chi connectivity index (χ0n) is 14.6. The number of hydrogen-bond donors (Lipinski definition) is 2. The first-order valence-corrected chi connectivity index (χ1v) is 8.70. The molecule has 0 bridgehead atoms. The maximum absolute atomic E-state index is 12.5. The summed E-state index contributed by atoms with van der Waals surface area (Å²) in [5.74, 6) is 1.05. The summed E-state index contributed by atoms with van der Waals surface area (Å²) in [6.07, 6.45) is 0.452. The molecule has 2 heterocycles. The van der Waals surface area contributed by atoms with Gasteiger partial charge in [-0.25, -0.2) is 4.98 Å². The predicted octanol–water partition coefficient (Wildman–Crippen LogP) is 2.73. The highest BCUT2D eigenvalue weighted by atomic mass is 16.2. The van der Waals surface area contributed by atoms with E-state index in [2.05, 4.69) is 39.6 Å². The average molecular weight is 347 g/mol. The van der Waals surface area contributed by atoms with Crippen molar-refractivity contribution in [2.75, 3.05) is 17.6 Å². The van der Waals surface area contributed by atoms with Crippen LogP contribution in [0, 0.1) is 6.92 Å². The van der Waals surface area contributed by atoms with Crippen molar-refractivity contribution in [2.24, 2.45) is 0 Å². The molecule has 6 nitrogen and oxygen atoms in total. The Balaban J connectivity index is 1.49. The predicted molar refractivity (Wildman–Crippen MR) is 103 cm³/mol. The van der Waals surface area contributed by atoms with Gasteiger partial charge >= 0.3 is 0 Å². The van der Waals surface area contributed by atoms with E-state index in [4.69, 9.17) is 5.73 Å². The van der Waals surface area contributed by atoms with Crippen LogP contribution in [0.25, 0.3) is 10.8 Å². The van der Waals surface area contributed by atoms with E-state index in [1.165, 1.54) is 16.3 Å². The zero-order valence-corrected chi connectivity index (χ0v) is 14.6. The summed E-state index contributed by atoms with van der Waals surface area (Å²) in [7, 11) is 0. The largest absolute Gasteiger partial charge is 0.368 e. The first-order chi connectivity index (χ1) is 12.6. The molecule has 1 aliphatic heterocycles. The number of rotatable bonds is 4. The van der Waals surface area contributed by atoms with E-state index in [1.807, 2.05) is 36.1 Å². The van der Waals surface area contributed by atoms with E-state index in [1.54, 1.807) is 0 Å². The molecular weight excluding hydrogens is 326 g/mol. The van der Waals surface area contributed by atoms with E-state index in [0.717, 1.165) is 5.69 Å². The lowest BCUT2D eigenvalue weighted by Crippen LogP contribution is -2.28. The molecule has 6 heteroatoms. The standard InChI is InChI=1S/C20H21N5O/c1-13-9-18(24-20(21)22-13)23-16-10-19(26)25(12-16)11-15-7-4-6-14-5-2-3-8-17(14)15/h2-9,16H,10-12H2,1H3,(H3,21,22,23,24). The van der Waals surface area contributed by atoms with Crippen LogP contribution in [0.1, 0.15) is 17.7 Å². The molecule has 3 N–H and O–H groups in total. The van der Waals surface area contributed by atoms with Crippen LogP contribution in [0.2, 0.25) is 0 Å². The molecule has 2 aromatic carbocycles. The maximum Gasteiger partial charge on any atom is 0.225 e. The average Bonchev–Trinajstić information content (AvgIpc) is 2.93. The number of amides is 1. The van der Waals surface area contributed by atoms with Gasteiger partial charge in [-0.1, -0.05) is 42.5 Å². The summed E-state index contributed by atoms with van der Waals surface area (Å²) in [5, 5.41) is 5.70. The Hall–Kier alpha value is -3.15. The molecule has 3 aromatic rings. The van der Waals surface area contributed by atoms with Crippen molar-refractivity contribution in [1.82, 2.24) is 14.9 Å². The van der Waals surface area contributed by atoms with E-state index in [-0.39, 0.29) is 17.9 Å². The van der Waals surface area contributed by atoms with Gasteiger partial charge in [-0.05, 0) is 23.3 Å². The van der Waals surface area contributed by atoms with Crippen molar-refractivity contribution in [3.05, 3.63) is 59.8 Å². The number of aryl methyl sites for hydroxylation is 1. The van der Waals surface area contributed by atoms with E-state index in [9.17, 15) is 4.79 Å². The Bertz CT molecular complexity index is 946. The maximum atomic E-state index is 12.5. The summed E-state index contributed by atoms with van der Waals surface area (Å²) in [4.78, 5) is 22.6. The third-order valence-corrected chi connectivity index (χ3v) is 4.68. The second kappa shape index (κ2) is 6.63. The molecule has 0 radical (unpaired) electrons. The van der Waals surface area contributed by atoms with Gasteiger partial charge in [0, 0.05) is 31.3 Å². The lowest BCUT2D eigenvalue weighted by atomic mass is 10.0. The highest BCUT2D eigenvalue weighted by Crippen LogP contribution is 2.23. The summed E-state index contributed by atoms with van der Waals surface area (Å²) in [6.45, 7) is 3.13. The van der Waals surface area contributed by atoms with Crippen LogP contribution in [0.3, 0.4) is 0 Å². The highest BCUT2D eigenvalue weighted by molar-refractivity contribution is 5.86. The van der Waals surface area contributed by atoms with E-state index < -0.39 is 0 Å². The lowest BCUT2D eigenvalue weighted by Gasteiger charge is -2.18. The Labute approximate surface area is 152 Å². The third kappa shape index (κ3) is 3.31. The van der Waals surface area contributed by atoms with Crippen molar-refractivity contribution in [3.8, 4) is 0 Å². The van der Waals surface area contributed by atoms with E-state index >= 15 is 0 Å². The molecule has 0 saturated carbocycles. The molecule has 0 spiro atoms. The minimum absolute atomic E-state index is 0.0196. The molecule has 0 aliphatic carbocycles. The summed E-state index contributed by atoms with van der Waals surface area (Å²) in [6, 6.07) is 16.3. The molecule has 1 aliphatic rings. The third-order valence-electron chi connectivity index (χ3n) is 4.68. The number of carbonyl (C=O) groups is 1. The van der Waals surface area contributed by atoms with Crippen molar-refractivity contribution >= 4 is 28.4 Å². The quantitative estimate of drug-likeness (QED) is 0.758. The smallest absolute Gasteiger partial charge is 0.225 e. The Morgan fingerprint density at radius 3 is 2.85 bits per heavy atom. The number of likely N-dealkylation sites (tertiary alicyclic amines) is 1. The fourth-order valence-electron chi connectivity index (χ4n) is 3.53. The first kappa shape index (κ1) is 16.3. The van der Waals surface area contributed by atoms with Gasteiger partial charge in [-0.15, -0.1) is 0 Å². The van der Waals surface area contributed by atoms with Gasteiger partial charge in [0.15, 0.2) is 0 Å². The number of fused-ring (bicyclic) bond motifs is 1. The van der Waals surface area contributed by atoms with Gasteiger partial charge in [-0.2, -0.15) is 4.98 Å². The second-order valence-corrected chi connectivity index (χ2v) is 6.71. The van der Waals surface area contributed by atoms with Gasteiger partial charge in [0.2, 0.25) is 11.9 Å². The summed E-state index contributed by atoms with van der Waals surface area (Å²) >= 11 is 0. The van der Waals surface area contributed by atoms with Crippen molar-refractivity contribution in [2.45, 2.75) is 25.9 Å². The number of nitrogen functional groups attached to an aromatic ring is 1. The molecule has 132 valence electrons. The number of benzene rings is 2. The molecular formula is C20H21N5O. The van der Waals surface area contributed by atoms with Crippen LogP contribution in [0.5, 0.6) is 0 Å². The van der Waals surface area contributed by atoms with Crippen molar-refractivity contribution < 1.29 is 4.79 Å². The first-order valence-electron chi connectivity index (χ1n) is 8.70. The molecule has 1 fully saturated rings. The molecule has 1 amide bonds. The number of nitrogens with two attached hydrogens (primary N) is 1. The minimum atomic E-state index is 0.0196. The Kier molecular flexibility index (Phi) is 4.16. The van der Waals surface area contributed by atoms with Gasteiger partial charge in [-0.3, -0.25) is 4.79 Å². The zero-order chi connectivity index (χ0) is 18.1. The normalized spacial score (nSPS) is 17.0. The monoisotopic (exact) mass is 347 g/mol. The summed E-state index contributed by atoms with van der Waals surface area (Å²) < 4.78 is 0. The summed E-state index contributed by atoms with van der Waals surface area (Å²) in [5.41, 5.74) is 7.67. The van der Waals surface area contributed by atoms with E-state index in [0.29, 0.717) is 25.3 Å². The fraction of sp³-hybridized carbons (Fsp3) is 0.250. The van der Waals surface area contributed by atoms with Gasteiger partial charge in [0.1, 0.15) is 5.82 Å². The SMILES string of the molecule is Cc1cc(NC2CC(=O)N(Cc3cccc4ccccc34)C2)nc(N)n1. The van der Waals surface area contributed by atoms with Crippen LogP contribution in [-0.4, -0.2) is 33.4 Å². The number of carbonyl (C=O) groups excluding carboxylic acids is 1. The van der Waals surface area contributed by atoms with Gasteiger partial charge < -0.3 is 16.0 Å². The van der Waals surface area contributed by atoms with Crippen LogP contribution in [-0.2, 0) is 11.3 Å². The molecule has 1 atom stereocenters. The Morgan fingerprint density at radius 2 is 2.00 bits per heavy atom. The van der Waals surface area contributed by atoms with Gasteiger partial charge in [0.05, 0.1) is 6.04 Å². The highest BCUT2D eigenvalue weighted by Gasteiger charge is 2.30. The number of hydrogen-bond acceptors (Lipinski definition) is 5. The van der Waals surface area contributed by atoms with Crippen molar-refractivity contribution in [1.29, 1.82) is 0 Å². The minimum Gasteiger partial charge on any atom is -0.368 e. The lowest BCUT2D eigenvalue weighted by molar-refractivity contribution is -0.128. The molecule has 1 unspecified atom stereocenters. The van der Waals surface area contributed by atoms with Gasteiger partial charge in [0.25, 0.3) is 0 Å². The van der Waals surface area contributed by atoms with Crippen molar-refractivity contribution in [3.63, 3.8) is 0 Å². The molecule has 1 saturated heterocycles. The Morgan fingerprint density at radius 1 is 1.19 bits per heavy atom. The topological polar surface area (TPSA) is 84.1 Å².